The molecule has 0 atom stereocenters. The molecule has 184 valence electrons. The van der Waals surface area contributed by atoms with Crippen molar-refractivity contribution in [3.8, 4) is 17.6 Å². The molecule has 5 nitrogen and oxygen atoms in total. The number of carbonyl (C=O) groups is 1. The smallest absolute Gasteiger partial charge is 0.266 e. The average Bonchev–Trinajstić information content (AvgIpc) is 2.85. The van der Waals surface area contributed by atoms with Crippen LogP contribution in [0.15, 0.2) is 72.8 Å². The molecular weight excluding hydrogens is 495 g/mol. The normalized spacial score (nSPS) is 10.9. The lowest BCUT2D eigenvalue weighted by atomic mass is 10.0. The highest BCUT2D eigenvalue weighted by Gasteiger charge is 2.16. The molecule has 0 heterocycles. The van der Waals surface area contributed by atoms with Crippen LogP contribution in [-0.2, 0) is 17.8 Å². The summed E-state index contributed by atoms with van der Waals surface area (Å²) >= 11 is 12.0. The number of hydrogen-bond acceptors (Lipinski definition) is 4. The average molecular weight is 521 g/mol. The lowest BCUT2D eigenvalue weighted by Crippen LogP contribution is -2.14. The zero-order valence-electron chi connectivity index (χ0n) is 20.1. The molecule has 0 spiro atoms. The SMILES string of the molecule is C=CCc1cc(/C=C(\C#N)C(=O)Nc2cc(Cl)ccc2C)cc(OCC)c1OCc1ccc(Cl)cc1. The van der Waals surface area contributed by atoms with Crippen LogP contribution >= 0.6 is 23.2 Å². The fraction of sp³-hybridized carbons (Fsp3) is 0.172. The number of hydrogen-bond donors (Lipinski definition) is 1. The molecule has 0 aromatic heterocycles. The fourth-order valence-corrected chi connectivity index (χ4v) is 3.77. The first-order valence-electron chi connectivity index (χ1n) is 11.3. The lowest BCUT2D eigenvalue weighted by molar-refractivity contribution is -0.112. The number of amides is 1. The highest BCUT2D eigenvalue weighted by atomic mass is 35.5. The zero-order valence-corrected chi connectivity index (χ0v) is 21.6. The Kier molecular flexibility index (Phi) is 9.58. The molecule has 3 aromatic carbocycles. The third-order valence-electron chi connectivity index (χ3n) is 5.24. The Labute approximate surface area is 221 Å². The molecule has 3 rings (SSSR count). The summed E-state index contributed by atoms with van der Waals surface area (Å²) in [6.07, 6.45) is 3.79. The van der Waals surface area contributed by atoms with E-state index in [1.54, 1.807) is 30.3 Å². The van der Waals surface area contributed by atoms with Crippen LogP contribution in [-0.4, -0.2) is 12.5 Å². The van der Waals surface area contributed by atoms with Crippen LogP contribution in [0, 0.1) is 18.3 Å². The molecule has 0 saturated carbocycles. The van der Waals surface area contributed by atoms with Crippen molar-refractivity contribution in [3.05, 3.63) is 105 Å². The van der Waals surface area contributed by atoms with Crippen molar-refractivity contribution >= 4 is 40.9 Å². The second kappa shape index (κ2) is 12.8. The Balaban J connectivity index is 1.94. The quantitative estimate of drug-likeness (QED) is 0.170. The molecule has 1 N–H and O–H groups in total. The number of carbonyl (C=O) groups excluding carboxylic acids is 1. The number of anilines is 1. The van der Waals surface area contributed by atoms with E-state index >= 15 is 0 Å². The Morgan fingerprint density at radius 2 is 1.81 bits per heavy atom. The topological polar surface area (TPSA) is 71.4 Å². The number of nitrogens with one attached hydrogen (secondary N) is 1. The highest BCUT2D eigenvalue weighted by Crippen LogP contribution is 2.35. The van der Waals surface area contributed by atoms with E-state index in [0.29, 0.717) is 52.4 Å². The maximum absolute atomic E-state index is 12.9. The van der Waals surface area contributed by atoms with Gasteiger partial charge in [-0.15, -0.1) is 6.58 Å². The van der Waals surface area contributed by atoms with Gasteiger partial charge in [0.25, 0.3) is 5.91 Å². The summed E-state index contributed by atoms with van der Waals surface area (Å²) in [5.41, 5.74) is 3.72. The third-order valence-corrected chi connectivity index (χ3v) is 5.73. The van der Waals surface area contributed by atoms with Crippen LogP contribution in [0.4, 0.5) is 5.69 Å². The van der Waals surface area contributed by atoms with Crippen molar-refractivity contribution in [2.75, 3.05) is 11.9 Å². The standard InChI is InChI=1S/C29H26Cl2N2O3/c1-4-6-22-13-21(14-23(17-32)29(34)33-26-16-25(31)10-7-19(26)3)15-27(35-5-2)28(22)36-18-20-8-11-24(30)12-9-20/h4,7-16H,1,5-6,18H2,2-3H3,(H,33,34)/b23-14+. The second-order valence-corrected chi connectivity index (χ2v) is 8.80. The van der Waals surface area contributed by atoms with Crippen LogP contribution in [0.2, 0.25) is 10.0 Å². The fourth-order valence-electron chi connectivity index (χ4n) is 3.47. The number of ether oxygens (including phenoxy) is 2. The van der Waals surface area contributed by atoms with Gasteiger partial charge in [-0.05, 0) is 79.4 Å². The molecule has 0 saturated heterocycles. The largest absolute Gasteiger partial charge is 0.490 e. The molecule has 36 heavy (non-hydrogen) atoms. The van der Waals surface area contributed by atoms with Gasteiger partial charge < -0.3 is 14.8 Å². The molecule has 0 bridgehead atoms. The first-order chi connectivity index (χ1) is 17.3. The van der Waals surface area contributed by atoms with Gasteiger partial charge >= 0.3 is 0 Å². The number of rotatable bonds is 10. The summed E-state index contributed by atoms with van der Waals surface area (Å²) in [6.45, 7) is 8.30. The molecule has 0 aliphatic carbocycles. The molecule has 1 amide bonds. The monoisotopic (exact) mass is 520 g/mol. The van der Waals surface area contributed by atoms with E-state index in [4.69, 9.17) is 32.7 Å². The van der Waals surface area contributed by atoms with E-state index in [-0.39, 0.29) is 5.57 Å². The minimum absolute atomic E-state index is 0.0591. The molecule has 0 radical (unpaired) electrons. The van der Waals surface area contributed by atoms with Crippen molar-refractivity contribution in [1.82, 2.24) is 0 Å². The van der Waals surface area contributed by atoms with Crippen LogP contribution in [0.1, 0.15) is 29.2 Å². The van der Waals surface area contributed by atoms with E-state index in [9.17, 15) is 10.1 Å². The summed E-state index contributed by atoms with van der Waals surface area (Å²) in [6, 6.07) is 18.2. The van der Waals surface area contributed by atoms with Gasteiger partial charge in [0.05, 0.1) is 6.61 Å². The van der Waals surface area contributed by atoms with Crippen molar-refractivity contribution in [2.45, 2.75) is 26.9 Å². The van der Waals surface area contributed by atoms with Gasteiger partial charge in [-0.3, -0.25) is 4.79 Å². The summed E-state index contributed by atoms with van der Waals surface area (Å²) < 4.78 is 12.0. The molecule has 0 aliphatic rings. The van der Waals surface area contributed by atoms with Crippen molar-refractivity contribution in [1.29, 1.82) is 5.26 Å². The van der Waals surface area contributed by atoms with Crippen LogP contribution < -0.4 is 14.8 Å². The highest BCUT2D eigenvalue weighted by molar-refractivity contribution is 6.31. The Morgan fingerprint density at radius 1 is 1.08 bits per heavy atom. The van der Waals surface area contributed by atoms with Gasteiger partial charge in [0.1, 0.15) is 18.2 Å². The van der Waals surface area contributed by atoms with Gasteiger partial charge in [0.15, 0.2) is 11.5 Å². The first-order valence-corrected chi connectivity index (χ1v) is 12.1. The predicted octanol–water partition coefficient (Wildman–Crippen LogP) is 7.55. The molecule has 7 heteroatoms. The number of benzene rings is 3. The summed E-state index contributed by atoms with van der Waals surface area (Å²) in [5.74, 6) is 0.566. The number of halogens is 2. The van der Waals surface area contributed by atoms with Crippen molar-refractivity contribution in [2.24, 2.45) is 0 Å². The molecule has 3 aromatic rings. The van der Waals surface area contributed by atoms with Crippen molar-refractivity contribution in [3.63, 3.8) is 0 Å². The Bertz CT molecular complexity index is 1330. The van der Waals surface area contributed by atoms with E-state index in [0.717, 1.165) is 16.7 Å². The number of aryl methyl sites for hydroxylation is 1. The van der Waals surface area contributed by atoms with E-state index in [1.165, 1.54) is 6.08 Å². The van der Waals surface area contributed by atoms with Gasteiger partial charge in [-0.1, -0.05) is 47.5 Å². The van der Waals surface area contributed by atoms with Gasteiger partial charge in [0, 0.05) is 21.3 Å². The summed E-state index contributed by atoms with van der Waals surface area (Å²) in [5, 5.41) is 13.6. The second-order valence-electron chi connectivity index (χ2n) is 7.93. The minimum atomic E-state index is -0.533. The van der Waals surface area contributed by atoms with Crippen LogP contribution in [0.5, 0.6) is 11.5 Å². The Hall–Kier alpha value is -3.72. The maximum Gasteiger partial charge on any atom is 0.266 e. The van der Waals surface area contributed by atoms with E-state index < -0.39 is 5.91 Å². The number of allylic oxidation sites excluding steroid dienone is 1. The molecule has 0 fully saturated rings. The van der Waals surface area contributed by atoms with Crippen LogP contribution in [0.25, 0.3) is 6.08 Å². The summed E-state index contributed by atoms with van der Waals surface area (Å²) in [4.78, 5) is 12.9. The number of nitriles is 1. The third kappa shape index (κ3) is 7.14. The van der Waals surface area contributed by atoms with Gasteiger partial charge in [-0.2, -0.15) is 5.26 Å². The van der Waals surface area contributed by atoms with E-state index in [1.807, 2.05) is 50.2 Å². The Morgan fingerprint density at radius 3 is 2.47 bits per heavy atom. The van der Waals surface area contributed by atoms with Crippen LogP contribution in [0.3, 0.4) is 0 Å². The van der Waals surface area contributed by atoms with E-state index in [2.05, 4.69) is 11.9 Å². The lowest BCUT2D eigenvalue weighted by Gasteiger charge is -2.17. The van der Waals surface area contributed by atoms with Gasteiger partial charge in [0.2, 0.25) is 0 Å². The van der Waals surface area contributed by atoms with Gasteiger partial charge in [-0.25, -0.2) is 0 Å². The van der Waals surface area contributed by atoms with Crippen molar-refractivity contribution < 1.29 is 14.3 Å². The summed E-state index contributed by atoms with van der Waals surface area (Å²) in [7, 11) is 0. The minimum Gasteiger partial charge on any atom is -0.490 e. The maximum atomic E-state index is 12.9. The molecule has 0 unspecified atom stereocenters. The zero-order chi connectivity index (χ0) is 26.1. The molecule has 0 aliphatic heterocycles. The predicted molar refractivity (Wildman–Crippen MR) is 146 cm³/mol. The first kappa shape index (κ1) is 26.9. The molecular formula is C29H26Cl2N2O3. The number of nitrogens with zero attached hydrogens (tertiary/aromatic N) is 1.